The van der Waals surface area contributed by atoms with Crippen LogP contribution in [-0.4, -0.2) is 24.6 Å². The predicted molar refractivity (Wildman–Crippen MR) is 76.6 cm³/mol. The fourth-order valence-electron chi connectivity index (χ4n) is 2.82. The summed E-state index contributed by atoms with van der Waals surface area (Å²) < 4.78 is 0. The molecular formula is C15H17N3O2. The van der Waals surface area contributed by atoms with Gasteiger partial charge in [0.05, 0.1) is 5.71 Å². The number of anilines is 1. The van der Waals surface area contributed by atoms with E-state index in [0.717, 1.165) is 28.9 Å². The number of carbonyl (C=O) groups excluding carboxylic acids is 2. The lowest BCUT2D eigenvalue weighted by molar-refractivity contribution is -0.122. The van der Waals surface area contributed by atoms with Gasteiger partial charge in [-0.25, -0.2) is 5.43 Å². The molecule has 5 nitrogen and oxygen atoms in total. The number of benzene rings is 1. The van der Waals surface area contributed by atoms with Gasteiger partial charge in [0.25, 0.3) is 0 Å². The highest BCUT2D eigenvalue weighted by atomic mass is 16.2. The van der Waals surface area contributed by atoms with Crippen molar-refractivity contribution in [3.8, 4) is 0 Å². The highest BCUT2D eigenvalue weighted by Gasteiger charge is 2.25. The van der Waals surface area contributed by atoms with E-state index in [4.69, 9.17) is 0 Å². The van der Waals surface area contributed by atoms with Crippen LogP contribution >= 0.6 is 0 Å². The SMILES string of the molecule is C[C@@H]1CC(=O)NN=C1c1ccc2c(c1)CCC(=O)N2C. The smallest absolute Gasteiger partial charge is 0.240 e. The van der Waals surface area contributed by atoms with E-state index < -0.39 is 0 Å². The molecule has 0 aliphatic carbocycles. The number of aryl methyl sites for hydroxylation is 1. The second-order valence-electron chi connectivity index (χ2n) is 5.43. The van der Waals surface area contributed by atoms with Crippen molar-refractivity contribution in [1.29, 1.82) is 0 Å². The van der Waals surface area contributed by atoms with Crippen LogP contribution in [0.3, 0.4) is 0 Å². The number of rotatable bonds is 1. The van der Waals surface area contributed by atoms with E-state index in [1.54, 1.807) is 11.9 Å². The van der Waals surface area contributed by atoms with Gasteiger partial charge >= 0.3 is 0 Å². The summed E-state index contributed by atoms with van der Waals surface area (Å²) in [6.07, 6.45) is 1.78. The number of nitrogens with zero attached hydrogens (tertiary/aromatic N) is 2. The van der Waals surface area contributed by atoms with Crippen LogP contribution in [0.15, 0.2) is 23.3 Å². The van der Waals surface area contributed by atoms with Crippen LogP contribution in [0.1, 0.15) is 30.9 Å². The Morgan fingerprint density at radius 2 is 2.10 bits per heavy atom. The largest absolute Gasteiger partial charge is 0.315 e. The summed E-state index contributed by atoms with van der Waals surface area (Å²) in [6.45, 7) is 2.01. The Hall–Kier alpha value is -2.17. The van der Waals surface area contributed by atoms with Gasteiger partial charge in [-0.2, -0.15) is 5.10 Å². The number of hydrazone groups is 1. The number of hydrogen-bond acceptors (Lipinski definition) is 3. The average Bonchev–Trinajstić information content (AvgIpc) is 2.43. The van der Waals surface area contributed by atoms with E-state index in [1.165, 1.54) is 0 Å². The number of fused-ring (bicyclic) bond motifs is 1. The van der Waals surface area contributed by atoms with Crippen LogP contribution in [0.4, 0.5) is 5.69 Å². The van der Waals surface area contributed by atoms with Gasteiger partial charge in [0.15, 0.2) is 0 Å². The monoisotopic (exact) mass is 271 g/mol. The van der Waals surface area contributed by atoms with E-state index in [0.29, 0.717) is 12.8 Å². The quantitative estimate of drug-likeness (QED) is 0.840. The first-order valence-corrected chi connectivity index (χ1v) is 6.82. The number of hydrogen-bond donors (Lipinski definition) is 1. The molecule has 0 fully saturated rings. The molecule has 0 saturated carbocycles. The lowest BCUT2D eigenvalue weighted by atomic mass is 9.91. The van der Waals surface area contributed by atoms with E-state index in [1.807, 2.05) is 19.1 Å². The van der Waals surface area contributed by atoms with E-state index in [-0.39, 0.29) is 17.7 Å². The summed E-state index contributed by atoms with van der Waals surface area (Å²) in [4.78, 5) is 24.7. The van der Waals surface area contributed by atoms with Gasteiger partial charge < -0.3 is 4.90 Å². The number of nitrogens with one attached hydrogen (secondary N) is 1. The van der Waals surface area contributed by atoms with Crippen molar-refractivity contribution in [2.24, 2.45) is 11.0 Å². The molecule has 3 rings (SSSR count). The second-order valence-corrected chi connectivity index (χ2v) is 5.43. The first-order chi connectivity index (χ1) is 9.56. The Kier molecular flexibility index (Phi) is 3.04. The minimum absolute atomic E-state index is 0.0375. The third-order valence-corrected chi connectivity index (χ3v) is 3.98. The lowest BCUT2D eigenvalue weighted by Gasteiger charge is -2.27. The molecule has 2 aliphatic heterocycles. The van der Waals surface area contributed by atoms with Crippen LogP contribution in [0.2, 0.25) is 0 Å². The van der Waals surface area contributed by atoms with Gasteiger partial charge in [-0.15, -0.1) is 0 Å². The van der Waals surface area contributed by atoms with Crippen molar-refractivity contribution in [3.05, 3.63) is 29.3 Å². The van der Waals surface area contributed by atoms with Crippen molar-refractivity contribution in [2.75, 3.05) is 11.9 Å². The summed E-state index contributed by atoms with van der Waals surface area (Å²) in [6, 6.07) is 6.03. The Balaban J connectivity index is 1.97. The first-order valence-electron chi connectivity index (χ1n) is 6.82. The predicted octanol–water partition coefficient (Wildman–Crippen LogP) is 1.46. The normalized spacial score (nSPS) is 22.2. The maximum atomic E-state index is 11.7. The molecule has 1 N–H and O–H groups in total. The van der Waals surface area contributed by atoms with E-state index in [9.17, 15) is 9.59 Å². The molecule has 1 aromatic rings. The second kappa shape index (κ2) is 4.74. The zero-order chi connectivity index (χ0) is 14.3. The number of carbonyl (C=O) groups is 2. The molecule has 0 spiro atoms. The lowest BCUT2D eigenvalue weighted by Crippen LogP contribution is -2.33. The minimum Gasteiger partial charge on any atom is -0.315 e. The molecule has 20 heavy (non-hydrogen) atoms. The van der Waals surface area contributed by atoms with Gasteiger partial charge in [0.2, 0.25) is 11.8 Å². The summed E-state index contributed by atoms with van der Waals surface area (Å²) >= 11 is 0. The van der Waals surface area contributed by atoms with Crippen LogP contribution in [0, 0.1) is 5.92 Å². The fourth-order valence-corrected chi connectivity index (χ4v) is 2.82. The van der Waals surface area contributed by atoms with E-state index in [2.05, 4.69) is 16.6 Å². The van der Waals surface area contributed by atoms with Crippen molar-refractivity contribution in [2.45, 2.75) is 26.2 Å². The topological polar surface area (TPSA) is 61.8 Å². The van der Waals surface area contributed by atoms with Gasteiger partial charge in [-0.3, -0.25) is 9.59 Å². The molecule has 1 aromatic carbocycles. The maximum absolute atomic E-state index is 11.7. The Morgan fingerprint density at radius 3 is 2.85 bits per heavy atom. The molecule has 0 radical (unpaired) electrons. The third kappa shape index (κ3) is 2.09. The zero-order valence-electron chi connectivity index (χ0n) is 11.6. The first kappa shape index (κ1) is 12.8. The highest BCUT2D eigenvalue weighted by Crippen LogP contribution is 2.29. The molecule has 0 unspecified atom stereocenters. The molecule has 104 valence electrons. The van der Waals surface area contributed by atoms with Gasteiger partial charge in [0, 0.05) is 31.5 Å². The zero-order valence-corrected chi connectivity index (χ0v) is 11.6. The molecule has 1 atom stereocenters. The highest BCUT2D eigenvalue weighted by molar-refractivity contribution is 6.06. The molecule has 0 aromatic heterocycles. The van der Waals surface area contributed by atoms with Crippen LogP contribution in [0.25, 0.3) is 0 Å². The Bertz CT molecular complexity index is 622. The van der Waals surface area contributed by atoms with Crippen molar-refractivity contribution in [1.82, 2.24) is 5.43 Å². The number of amides is 2. The molecule has 5 heteroatoms. The van der Waals surface area contributed by atoms with Crippen LogP contribution < -0.4 is 10.3 Å². The summed E-state index contributed by atoms with van der Waals surface area (Å²) in [7, 11) is 1.81. The van der Waals surface area contributed by atoms with Crippen molar-refractivity contribution < 1.29 is 9.59 Å². The van der Waals surface area contributed by atoms with Gasteiger partial charge in [-0.1, -0.05) is 13.0 Å². The maximum Gasteiger partial charge on any atom is 0.240 e. The summed E-state index contributed by atoms with van der Waals surface area (Å²) in [5.74, 6) is 0.232. The van der Waals surface area contributed by atoms with Crippen molar-refractivity contribution in [3.63, 3.8) is 0 Å². The van der Waals surface area contributed by atoms with Gasteiger partial charge in [0.1, 0.15) is 0 Å². The van der Waals surface area contributed by atoms with E-state index >= 15 is 0 Å². The Labute approximate surface area is 117 Å². The fraction of sp³-hybridized carbons (Fsp3) is 0.400. The molecule has 2 heterocycles. The molecule has 0 bridgehead atoms. The molecule has 2 amide bonds. The average molecular weight is 271 g/mol. The molecular weight excluding hydrogens is 254 g/mol. The third-order valence-electron chi connectivity index (χ3n) is 3.98. The van der Waals surface area contributed by atoms with Crippen molar-refractivity contribution >= 4 is 23.2 Å². The van der Waals surface area contributed by atoms with Crippen LogP contribution in [-0.2, 0) is 16.0 Å². The summed E-state index contributed by atoms with van der Waals surface area (Å²) in [5.41, 5.74) is 6.61. The Morgan fingerprint density at radius 1 is 1.30 bits per heavy atom. The van der Waals surface area contributed by atoms with Crippen LogP contribution in [0.5, 0.6) is 0 Å². The minimum atomic E-state index is -0.0375. The standard InChI is InChI=1S/C15H17N3O2/c1-9-7-13(19)16-17-15(9)11-3-5-12-10(8-11)4-6-14(20)18(12)2/h3,5,8-9H,4,6-7H2,1-2H3,(H,16,19)/t9-/m1/s1. The molecule has 2 aliphatic rings. The molecule has 0 saturated heterocycles. The summed E-state index contributed by atoms with van der Waals surface area (Å²) in [5, 5.41) is 4.18. The van der Waals surface area contributed by atoms with Gasteiger partial charge in [-0.05, 0) is 29.7 Å².